The van der Waals surface area contributed by atoms with Crippen molar-refractivity contribution < 1.29 is 32.2 Å². The number of aromatic nitrogens is 1. The van der Waals surface area contributed by atoms with Crippen LogP contribution in [0.1, 0.15) is 28.9 Å². The molecule has 1 unspecified atom stereocenters. The van der Waals surface area contributed by atoms with Crippen molar-refractivity contribution in [1.29, 1.82) is 0 Å². The predicted octanol–water partition coefficient (Wildman–Crippen LogP) is 3.50. The van der Waals surface area contributed by atoms with Crippen molar-refractivity contribution in [3.8, 4) is 11.6 Å². The zero-order valence-corrected chi connectivity index (χ0v) is 15.7. The third-order valence-electron chi connectivity index (χ3n) is 3.93. The summed E-state index contributed by atoms with van der Waals surface area (Å²) in [5.74, 6) is -0.705. The average Bonchev–Trinajstić information content (AvgIpc) is 2.65. The minimum Gasteiger partial charge on any atom is -0.482 e. The number of anilines is 1. The lowest BCUT2D eigenvalue weighted by molar-refractivity contribution is -0.154. The van der Waals surface area contributed by atoms with Crippen LogP contribution in [0.15, 0.2) is 30.5 Å². The fraction of sp³-hybridized carbons (Fsp3) is 0.278. The molecule has 2 heterocycles. The number of carbonyl (C=O) groups excluding carboxylic acids is 2. The van der Waals surface area contributed by atoms with Gasteiger partial charge in [-0.2, -0.15) is 13.2 Å². The van der Waals surface area contributed by atoms with Gasteiger partial charge in [0, 0.05) is 6.20 Å². The van der Waals surface area contributed by atoms with Gasteiger partial charge in [-0.05, 0) is 30.7 Å². The number of pyridine rings is 1. The molecule has 0 saturated heterocycles. The molecule has 1 atom stereocenters. The molecule has 2 aromatic rings. The van der Waals surface area contributed by atoms with E-state index in [1.54, 1.807) is 25.1 Å². The molecule has 1 aromatic heterocycles. The maximum atomic E-state index is 12.4. The van der Waals surface area contributed by atoms with E-state index >= 15 is 0 Å². The fourth-order valence-corrected chi connectivity index (χ4v) is 2.76. The summed E-state index contributed by atoms with van der Waals surface area (Å²) < 4.78 is 46.4. The Labute approximate surface area is 168 Å². The zero-order valence-electron chi connectivity index (χ0n) is 15.0. The van der Waals surface area contributed by atoms with Gasteiger partial charge in [0.25, 0.3) is 11.8 Å². The van der Waals surface area contributed by atoms with Crippen molar-refractivity contribution in [2.75, 3.05) is 18.5 Å². The summed E-state index contributed by atoms with van der Waals surface area (Å²) in [6.45, 7) is 0.122. The first-order chi connectivity index (χ1) is 13.6. The normalized spacial score (nSPS) is 14.3. The number of carbonyl (C=O) groups is 2. The Morgan fingerprint density at radius 2 is 2.17 bits per heavy atom. The molecule has 1 aliphatic heterocycles. The van der Waals surface area contributed by atoms with E-state index in [0.29, 0.717) is 17.0 Å². The molecule has 7 nitrogen and oxygen atoms in total. The van der Waals surface area contributed by atoms with Crippen molar-refractivity contribution in [2.45, 2.75) is 19.1 Å². The molecule has 2 N–H and O–H groups in total. The van der Waals surface area contributed by atoms with Gasteiger partial charge in [0.2, 0.25) is 5.88 Å². The molecule has 0 radical (unpaired) electrons. The third-order valence-corrected chi connectivity index (χ3v) is 4.20. The summed E-state index contributed by atoms with van der Waals surface area (Å²) in [6, 6.07) is 5.81. The monoisotopic (exact) mass is 429 g/mol. The highest BCUT2D eigenvalue weighted by Crippen LogP contribution is 2.31. The lowest BCUT2D eigenvalue weighted by Crippen LogP contribution is -2.28. The Balaban J connectivity index is 1.67. The lowest BCUT2D eigenvalue weighted by Gasteiger charge is -2.21. The Morgan fingerprint density at radius 1 is 1.41 bits per heavy atom. The minimum atomic E-state index is -4.53. The topological polar surface area (TPSA) is 89.5 Å². The lowest BCUT2D eigenvalue weighted by atomic mass is 10.1. The number of hydrogen-bond acceptors (Lipinski definition) is 5. The summed E-state index contributed by atoms with van der Waals surface area (Å²) in [4.78, 5) is 27.5. The molecule has 0 saturated carbocycles. The van der Waals surface area contributed by atoms with Gasteiger partial charge >= 0.3 is 6.18 Å². The number of ether oxygens (including phenoxy) is 2. The molecule has 3 rings (SSSR count). The van der Waals surface area contributed by atoms with Crippen LogP contribution in [0.4, 0.5) is 18.9 Å². The molecule has 154 valence electrons. The fourth-order valence-electron chi connectivity index (χ4n) is 2.54. The van der Waals surface area contributed by atoms with Crippen LogP contribution in [0.5, 0.6) is 11.6 Å². The Hall–Kier alpha value is -3.01. The number of amides is 2. The zero-order chi connectivity index (χ0) is 21.2. The van der Waals surface area contributed by atoms with Crippen molar-refractivity contribution in [2.24, 2.45) is 0 Å². The largest absolute Gasteiger partial charge is 0.482 e. The van der Waals surface area contributed by atoms with Gasteiger partial charge in [-0.25, -0.2) is 4.98 Å². The number of benzene rings is 1. The maximum Gasteiger partial charge on any atom is 0.422 e. The van der Waals surface area contributed by atoms with Gasteiger partial charge < -0.3 is 20.1 Å². The Bertz CT molecular complexity index is 952. The first-order valence-corrected chi connectivity index (χ1v) is 8.73. The van der Waals surface area contributed by atoms with E-state index in [1.807, 2.05) is 0 Å². The first kappa shape index (κ1) is 20.7. The molecule has 0 spiro atoms. The average molecular weight is 430 g/mol. The van der Waals surface area contributed by atoms with E-state index in [9.17, 15) is 22.8 Å². The highest BCUT2D eigenvalue weighted by Gasteiger charge is 2.29. The second-order valence-corrected chi connectivity index (χ2v) is 6.61. The van der Waals surface area contributed by atoms with Crippen LogP contribution in [0.3, 0.4) is 0 Å². The summed E-state index contributed by atoms with van der Waals surface area (Å²) in [5.41, 5.74) is 1.25. The summed E-state index contributed by atoms with van der Waals surface area (Å²) in [7, 11) is 0. The molecule has 11 heteroatoms. The van der Waals surface area contributed by atoms with Gasteiger partial charge in [-0.3, -0.25) is 9.59 Å². The molecule has 0 bridgehead atoms. The SMILES string of the molecule is CC(NC(=O)c1cnc(OCC(F)(F)F)c(Cl)c1)c1ccc2c(c1)NC(=O)CO2. The summed E-state index contributed by atoms with van der Waals surface area (Å²) in [6.07, 6.45) is -3.46. The van der Waals surface area contributed by atoms with Gasteiger partial charge in [0.1, 0.15) is 10.8 Å². The number of rotatable bonds is 5. The second-order valence-electron chi connectivity index (χ2n) is 6.20. The Kier molecular flexibility index (Phi) is 5.83. The van der Waals surface area contributed by atoms with Crippen LogP contribution in [-0.2, 0) is 4.79 Å². The molecule has 1 aromatic carbocycles. The van der Waals surface area contributed by atoms with Crippen LogP contribution in [0, 0.1) is 0 Å². The van der Waals surface area contributed by atoms with Crippen molar-refractivity contribution in [1.82, 2.24) is 10.3 Å². The molecule has 2 amide bonds. The van der Waals surface area contributed by atoms with E-state index in [1.165, 1.54) is 6.07 Å². The van der Waals surface area contributed by atoms with Crippen LogP contribution in [-0.4, -0.2) is 36.2 Å². The number of halogens is 4. The molecule has 1 aliphatic rings. The number of alkyl halides is 3. The highest BCUT2D eigenvalue weighted by molar-refractivity contribution is 6.32. The maximum absolute atomic E-state index is 12.4. The smallest absolute Gasteiger partial charge is 0.422 e. The highest BCUT2D eigenvalue weighted by atomic mass is 35.5. The number of nitrogens with zero attached hydrogens (tertiary/aromatic N) is 1. The van der Waals surface area contributed by atoms with Gasteiger partial charge in [-0.15, -0.1) is 0 Å². The molecular formula is C18H15ClF3N3O4. The number of hydrogen-bond donors (Lipinski definition) is 2. The van der Waals surface area contributed by atoms with E-state index < -0.39 is 30.6 Å². The van der Waals surface area contributed by atoms with Gasteiger partial charge in [-0.1, -0.05) is 17.7 Å². The standard InChI is InChI=1S/C18H15ClF3N3O4/c1-9(10-2-3-14-13(5-10)25-15(26)7-28-14)24-16(27)11-4-12(19)17(23-6-11)29-8-18(20,21)22/h2-6,9H,7-8H2,1H3,(H,24,27)(H,25,26). The quantitative estimate of drug-likeness (QED) is 0.759. The van der Waals surface area contributed by atoms with Crippen LogP contribution < -0.4 is 20.1 Å². The van der Waals surface area contributed by atoms with Crippen molar-refractivity contribution >= 4 is 29.1 Å². The van der Waals surface area contributed by atoms with Gasteiger partial charge in [0.05, 0.1) is 17.3 Å². The molecular weight excluding hydrogens is 415 g/mol. The van der Waals surface area contributed by atoms with Crippen molar-refractivity contribution in [3.63, 3.8) is 0 Å². The van der Waals surface area contributed by atoms with Crippen LogP contribution >= 0.6 is 11.6 Å². The first-order valence-electron chi connectivity index (χ1n) is 8.35. The number of nitrogens with one attached hydrogen (secondary N) is 2. The Morgan fingerprint density at radius 3 is 2.86 bits per heavy atom. The molecule has 0 aliphatic carbocycles. The second kappa shape index (κ2) is 8.16. The predicted molar refractivity (Wildman–Crippen MR) is 97.2 cm³/mol. The number of fused-ring (bicyclic) bond motifs is 1. The molecule has 0 fully saturated rings. The summed E-state index contributed by atoms with van der Waals surface area (Å²) in [5, 5.41) is 5.18. The van der Waals surface area contributed by atoms with E-state index in [-0.39, 0.29) is 23.1 Å². The van der Waals surface area contributed by atoms with Crippen molar-refractivity contribution in [3.05, 3.63) is 46.6 Å². The third kappa shape index (κ3) is 5.29. The van der Waals surface area contributed by atoms with E-state index in [0.717, 1.165) is 6.20 Å². The van der Waals surface area contributed by atoms with E-state index in [2.05, 4.69) is 20.4 Å². The summed E-state index contributed by atoms with van der Waals surface area (Å²) >= 11 is 5.86. The molecule has 29 heavy (non-hydrogen) atoms. The van der Waals surface area contributed by atoms with Crippen LogP contribution in [0.25, 0.3) is 0 Å². The minimum absolute atomic E-state index is 0.0517. The van der Waals surface area contributed by atoms with E-state index in [4.69, 9.17) is 16.3 Å². The van der Waals surface area contributed by atoms with Gasteiger partial charge in [0.15, 0.2) is 13.2 Å². The van der Waals surface area contributed by atoms with Crippen LogP contribution in [0.2, 0.25) is 5.02 Å².